The van der Waals surface area contributed by atoms with Gasteiger partial charge in [-0.15, -0.1) is 0 Å². The van der Waals surface area contributed by atoms with E-state index in [9.17, 15) is 13.2 Å². The number of carbonyl (C=O) groups is 1. The Morgan fingerprint density at radius 1 is 1.14 bits per heavy atom. The Balaban J connectivity index is 1.73. The van der Waals surface area contributed by atoms with Gasteiger partial charge in [0.2, 0.25) is 0 Å². The highest BCUT2D eigenvalue weighted by Crippen LogP contribution is 2.23. The van der Waals surface area contributed by atoms with E-state index in [2.05, 4.69) is 15.2 Å². The first-order valence-electron chi connectivity index (χ1n) is 9.17. The predicted octanol–water partition coefficient (Wildman–Crippen LogP) is 2.53. The number of unbranched alkanes of at least 4 members (excludes halogenated alkanes) is 1. The molecule has 1 amide bonds. The largest absolute Gasteiger partial charge is 0.270 e. The van der Waals surface area contributed by atoms with Gasteiger partial charge >= 0.3 is 0 Å². The topological polar surface area (TPSA) is 96.9 Å². The second kappa shape index (κ2) is 8.99. The summed E-state index contributed by atoms with van der Waals surface area (Å²) in [6, 6.07) is 15.3. The van der Waals surface area contributed by atoms with E-state index in [4.69, 9.17) is 4.84 Å². The highest BCUT2D eigenvalue weighted by atomic mass is 32.2. The molecule has 7 nitrogen and oxygen atoms in total. The number of fused-ring (bicyclic) bond motifs is 1. The van der Waals surface area contributed by atoms with E-state index in [1.807, 2.05) is 37.3 Å². The van der Waals surface area contributed by atoms with Crippen LogP contribution in [0.3, 0.4) is 0 Å². The van der Waals surface area contributed by atoms with Crippen molar-refractivity contribution in [3.8, 4) is 0 Å². The zero-order chi connectivity index (χ0) is 20.0. The van der Waals surface area contributed by atoms with Crippen LogP contribution in [0.5, 0.6) is 0 Å². The molecule has 1 aliphatic rings. The van der Waals surface area contributed by atoms with Crippen LogP contribution in [-0.2, 0) is 26.3 Å². The van der Waals surface area contributed by atoms with Crippen LogP contribution < -0.4 is 10.2 Å². The number of benzene rings is 2. The molecule has 0 bridgehead atoms. The van der Waals surface area contributed by atoms with E-state index in [1.54, 1.807) is 18.2 Å². The van der Waals surface area contributed by atoms with Crippen molar-refractivity contribution < 1.29 is 18.0 Å². The zero-order valence-electron chi connectivity index (χ0n) is 15.6. The summed E-state index contributed by atoms with van der Waals surface area (Å²) in [4.78, 5) is 22.5. The molecule has 0 radical (unpaired) electrons. The lowest BCUT2D eigenvalue weighted by Gasteiger charge is -2.14. The summed E-state index contributed by atoms with van der Waals surface area (Å²) in [7, 11) is -3.64. The maximum Gasteiger partial charge on any atom is 0.268 e. The number of aliphatic imine (C=N–C) groups is 1. The average Bonchev–Trinajstić information content (AvgIpc) is 2.96. The third-order valence-corrected chi connectivity index (χ3v) is 5.73. The van der Waals surface area contributed by atoms with Gasteiger partial charge in [0, 0.05) is 5.56 Å². The minimum Gasteiger partial charge on any atom is -0.270 e. The zero-order valence-corrected chi connectivity index (χ0v) is 16.4. The average molecular weight is 401 g/mol. The number of amides is 1. The molecule has 1 heterocycles. The van der Waals surface area contributed by atoms with E-state index < -0.39 is 22.0 Å². The van der Waals surface area contributed by atoms with Gasteiger partial charge in [0.15, 0.2) is 0 Å². The minimum absolute atomic E-state index is 0.170. The SMILES string of the molecule is CCCCC(N=C1NS(=O)(=O)c2ccccc21)C(=O)NOCc1ccccc1. The molecule has 8 heteroatoms. The lowest BCUT2D eigenvalue weighted by molar-refractivity contribution is -0.136. The number of nitrogens with one attached hydrogen (secondary N) is 2. The second-order valence-electron chi connectivity index (χ2n) is 6.48. The normalized spacial score (nSPS) is 17.0. The molecule has 0 saturated carbocycles. The molecule has 0 spiro atoms. The molecule has 2 N–H and O–H groups in total. The lowest BCUT2D eigenvalue weighted by Crippen LogP contribution is -2.35. The fraction of sp³-hybridized carbons (Fsp3) is 0.300. The maximum absolute atomic E-state index is 12.6. The first-order valence-corrected chi connectivity index (χ1v) is 10.6. The van der Waals surface area contributed by atoms with Crippen molar-refractivity contribution in [2.45, 2.75) is 43.7 Å². The molecule has 0 aromatic heterocycles. The van der Waals surface area contributed by atoms with Crippen molar-refractivity contribution >= 4 is 21.8 Å². The number of rotatable bonds is 8. The molecule has 28 heavy (non-hydrogen) atoms. The third-order valence-electron chi connectivity index (χ3n) is 4.34. The Bertz CT molecular complexity index is 958. The Kier molecular flexibility index (Phi) is 6.43. The van der Waals surface area contributed by atoms with Crippen LogP contribution in [0, 0.1) is 0 Å². The number of amidine groups is 1. The van der Waals surface area contributed by atoms with Gasteiger partial charge in [-0.25, -0.2) is 13.9 Å². The van der Waals surface area contributed by atoms with Crippen molar-refractivity contribution in [1.82, 2.24) is 10.2 Å². The molecular weight excluding hydrogens is 378 g/mol. The molecule has 2 aromatic rings. The van der Waals surface area contributed by atoms with Crippen LogP contribution >= 0.6 is 0 Å². The van der Waals surface area contributed by atoms with Crippen LogP contribution in [0.2, 0.25) is 0 Å². The van der Waals surface area contributed by atoms with Crippen LogP contribution in [0.1, 0.15) is 37.3 Å². The molecular formula is C20H23N3O4S. The predicted molar refractivity (Wildman–Crippen MR) is 106 cm³/mol. The van der Waals surface area contributed by atoms with E-state index >= 15 is 0 Å². The Labute approximate surface area is 164 Å². The van der Waals surface area contributed by atoms with Gasteiger partial charge in [0.05, 0.1) is 11.5 Å². The highest BCUT2D eigenvalue weighted by molar-refractivity contribution is 7.90. The third kappa shape index (κ3) is 4.76. The maximum atomic E-state index is 12.6. The Morgan fingerprint density at radius 2 is 1.86 bits per heavy atom. The molecule has 3 rings (SSSR count). The van der Waals surface area contributed by atoms with Crippen molar-refractivity contribution in [3.05, 3.63) is 65.7 Å². The minimum atomic E-state index is -3.64. The summed E-state index contributed by atoms with van der Waals surface area (Å²) in [5.74, 6) is -0.213. The van der Waals surface area contributed by atoms with Gasteiger partial charge in [0.25, 0.3) is 15.9 Å². The summed E-state index contributed by atoms with van der Waals surface area (Å²) in [5.41, 5.74) is 3.84. The number of hydroxylamine groups is 1. The van der Waals surface area contributed by atoms with E-state index in [0.717, 1.165) is 18.4 Å². The monoisotopic (exact) mass is 401 g/mol. The van der Waals surface area contributed by atoms with Gasteiger partial charge in [-0.05, 0) is 24.1 Å². The molecule has 0 aliphatic carbocycles. The van der Waals surface area contributed by atoms with Crippen LogP contribution in [0.25, 0.3) is 0 Å². The van der Waals surface area contributed by atoms with Crippen molar-refractivity contribution in [3.63, 3.8) is 0 Å². The van der Waals surface area contributed by atoms with Crippen LogP contribution in [0.4, 0.5) is 0 Å². The highest BCUT2D eigenvalue weighted by Gasteiger charge is 2.31. The quantitative estimate of drug-likeness (QED) is 0.664. The number of hydrogen-bond acceptors (Lipinski definition) is 5. The van der Waals surface area contributed by atoms with Gasteiger partial charge in [-0.2, -0.15) is 0 Å². The van der Waals surface area contributed by atoms with Crippen molar-refractivity contribution in [2.24, 2.45) is 4.99 Å². The van der Waals surface area contributed by atoms with E-state index in [1.165, 1.54) is 6.07 Å². The van der Waals surface area contributed by atoms with E-state index in [-0.39, 0.29) is 17.3 Å². The van der Waals surface area contributed by atoms with Crippen molar-refractivity contribution in [1.29, 1.82) is 0 Å². The lowest BCUT2D eigenvalue weighted by atomic mass is 10.1. The molecule has 2 aromatic carbocycles. The summed E-state index contributed by atoms with van der Waals surface area (Å²) in [6.45, 7) is 2.25. The van der Waals surface area contributed by atoms with Crippen LogP contribution in [-0.4, -0.2) is 26.2 Å². The first kappa shape index (κ1) is 20.0. The summed E-state index contributed by atoms with van der Waals surface area (Å²) in [6.07, 6.45) is 2.16. The molecule has 0 saturated heterocycles. The van der Waals surface area contributed by atoms with Crippen LogP contribution in [0.15, 0.2) is 64.5 Å². The molecule has 0 fully saturated rings. The number of carbonyl (C=O) groups excluding carboxylic acids is 1. The van der Waals surface area contributed by atoms with Gasteiger partial charge in [0.1, 0.15) is 11.9 Å². The summed E-state index contributed by atoms with van der Waals surface area (Å²) >= 11 is 0. The smallest absolute Gasteiger partial charge is 0.268 e. The summed E-state index contributed by atoms with van der Waals surface area (Å²) in [5, 5.41) is 0. The number of nitrogens with zero attached hydrogens (tertiary/aromatic N) is 1. The van der Waals surface area contributed by atoms with E-state index in [0.29, 0.717) is 12.0 Å². The van der Waals surface area contributed by atoms with Gasteiger partial charge < -0.3 is 0 Å². The fourth-order valence-electron chi connectivity index (χ4n) is 2.87. The second-order valence-corrected chi connectivity index (χ2v) is 8.13. The molecule has 1 atom stereocenters. The number of sulfonamides is 1. The van der Waals surface area contributed by atoms with Gasteiger partial charge in [-0.3, -0.25) is 19.3 Å². The molecule has 1 unspecified atom stereocenters. The van der Waals surface area contributed by atoms with Crippen molar-refractivity contribution in [2.75, 3.05) is 0 Å². The molecule has 1 aliphatic heterocycles. The van der Waals surface area contributed by atoms with Gasteiger partial charge in [-0.1, -0.05) is 62.2 Å². The fourth-order valence-corrected chi connectivity index (χ4v) is 4.11. The summed E-state index contributed by atoms with van der Waals surface area (Å²) < 4.78 is 26.9. The molecule has 148 valence electrons. The standard InChI is InChI=1S/C20H23N3O4S/c1-2-3-12-17(20(24)22-27-14-15-9-5-4-6-10-15)21-19-16-11-7-8-13-18(16)28(25,26)23-19/h4-11,13,17H,2-3,12,14H2,1H3,(H,21,23)(H,22,24). The first-order chi connectivity index (χ1) is 13.5. The Morgan fingerprint density at radius 3 is 2.61 bits per heavy atom. The Hall–Kier alpha value is -2.71. The number of hydrogen-bond donors (Lipinski definition) is 2.